The number of rotatable bonds is 5. The molecule has 0 fully saturated rings. The topological polar surface area (TPSA) is 55.8 Å². The Morgan fingerprint density at radius 1 is 1.13 bits per heavy atom. The molecule has 3 rings (SSSR count). The smallest absolute Gasteiger partial charge is 0.335 e. The van der Waals surface area contributed by atoms with Crippen molar-refractivity contribution < 1.29 is 19.4 Å². The highest BCUT2D eigenvalue weighted by Gasteiger charge is 2.24. The maximum atomic E-state index is 11.8. The first-order chi connectivity index (χ1) is 11.3. The number of esters is 1. The first-order valence-electron chi connectivity index (χ1n) is 7.90. The molecule has 0 saturated heterocycles. The lowest BCUT2D eigenvalue weighted by Gasteiger charge is -2.24. The van der Waals surface area contributed by atoms with Gasteiger partial charge in [-0.1, -0.05) is 30.8 Å². The van der Waals surface area contributed by atoms with Gasteiger partial charge in [0.1, 0.15) is 18.1 Å². The van der Waals surface area contributed by atoms with Crippen molar-refractivity contribution in [1.29, 1.82) is 0 Å². The predicted molar refractivity (Wildman–Crippen MR) is 89.0 cm³/mol. The summed E-state index contributed by atoms with van der Waals surface area (Å²) in [5.74, 6) is 0.978. The average Bonchev–Trinajstić information content (AvgIpc) is 2.60. The van der Waals surface area contributed by atoms with Crippen LogP contribution in [0.25, 0.3) is 10.8 Å². The Morgan fingerprint density at radius 2 is 1.74 bits per heavy atom. The van der Waals surface area contributed by atoms with E-state index in [-0.39, 0.29) is 13.2 Å². The maximum Gasteiger partial charge on any atom is 0.335 e. The minimum Gasteiger partial charge on any atom is -0.490 e. The molecule has 23 heavy (non-hydrogen) atoms. The molecule has 120 valence electrons. The zero-order valence-electron chi connectivity index (χ0n) is 13.0. The van der Waals surface area contributed by atoms with Gasteiger partial charge in [-0.15, -0.1) is 0 Å². The van der Waals surface area contributed by atoms with Crippen LogP contribution >= 0.6 is 0 Å². The van der Waals surface area contributed by atoms with E-state index < -0.39 is 5.97 Å². The molecule has 0 aromatic heterocycles. The Hall–Kier alpha value is -2.33. The Balaban J connectivity index is 2.25. The van der Waals surface area contributed by atoms with Gasteiger partial charge in [-0.05, 0) is 25.7 Å². The van der Waals surface area contributed by atoms with E-state index in [0.29, 0.717) is 5.75 Å². The normalized spacial score (nSPS) is 13.4. The van der Waals surface area contributed by atoms with Crippen LogP contribution < -0.4 is 9.47 Å². The SMILES string of the molecule is C=CC(=O)Oc1c2c(c(OCCO)c3ccccc13)CCCC2. The van der Waals surface area contributed by atoms with Gasteiger partial charge in [0.2, 0.25) is 0 Å². The second-order valence-corrected chi connectivity index (χ2v) is 5.57. The lowest BCUT2D eigenvalue weighted by atomic mass is 9.87. The molecule has 0 saturated carbocycles. The lowest BCUT2D eigenvalue weighted by Crippen LogP contribution is -2.13. The largest absolute Gasteiger partial charge is 0.490 e. The van der Waals surface area contributed by atoms with Crippen LogP contribution in [0.3, 0.4) is 0 Å². The van der Waals surface area contributed by atoms with Gasteiger partial charge in [0.05, 0.1) is 6.61 Å². The first kappa shape index (κ1) is 15.6. The highest BCUT2D eigenvalue weighted by molar-refractivity contribution is 5.98. The Labute approximate surface area is 135 Å². The summed E-state index contributed by atoms with van der Waals surface area (Å²) in [6.45, 7) is 3.70. The van der Waals surface area contributed by atoms with Crippen molar-refractivity contribution in [3.05, 3.63) is 48.0 Å². The summed E-state index contributed by atoms with van der Waals surface area (Å²) in [7, 11) is 0. The van der Waals surface area contributed by atoms with Crippen molar-refractivity contribution in [2.24, 2.45) is 0 Å². The number of hydrogen-bond donors (Lipinski definition) is 1. The third-order valence-electron chi connectivity index (χ3n) is 4.14. The molecule has 0 unspecified atom stereocenters. The molecule has 4 heteroatoms. The standard InChI is InChI=1S/C19H20O4/c1-2-17(21)23-19-15-9-5-3-7-13(15)18(22-12-11-20)14-8-4-6-10-16(14)19/h2-3,5,7,9,20H,1,4,6,8,10-12H2. The van der Waals surface area contributed by atoms with Crippen LogP contribution in [0.15, 0.2) is 36.9 Å². The summed E-state index contributed by atoms with van der Waals surface area (Å²) < 4.78 is 11.4. The summed E-state index contributed by atoms with van der Waals surface area (Å²) in [5, 5.41) is 10.9. The van der Waals surface area contributed by atoms with Gasteiger partial charge in [-0.25, -0.2) is 4.79 Å². The quantitative estimate of drug-likeness (QED) is 0.523. The van der Waals surface area contributed by atoms with E-state index in [2.05, 4.69) is 6.58 Å². The van der Waals surface area contributed by atoms with Crippen LogP contribution in [-0.4, -0.2) is 24.3 Å². The number of aliphatic hydroxyl groups excluding tert-OH is 1. The molecule has 0 atom stereocenters. The van der Waals surface area contributed by atoms with Crippen LogP contribution in [0.5, 0.6) is 11.5 Å². The van der Waals surface area contributed by atoms with Crippen LogP contribution in [0.2, 0.25) is 0 Å². The number of carbonyl (C=O) groups excluding carboxylic acids is 1. The highest BCUT2D eigenvalue weighted by atomic mass is 16.5. The monoisotopic (exact) mass is 312 g/mol. The van der Waals surface area contributed by atoms with E-state index in [4.69, 9.17) is 14.6 Å². The summed E-state index contributed by atoms with van der Waals surface area (Å²) >= 11 is 0. The van der Waals surface area contributed by atoms with Crippen molar-refractivity contribution in [1.82, 2.24) is 0 Å². The maximum absolute atomic E-state index is 11.8. The van der Waals surface area contributed by atoms with Crippen molar-refractivity contribution in [3.63, 3.8) is 0 Å². The third kappa shape index (κ3) is 2.94. The van der Waals surface area contributed by atoms with E-state index >= 15 is 0 Å². The fourth-order valence-electron chi connectivity index (χ4n) is 3.18. The van der Waals surface area contributed by atoms with Gasteiger partial charge >= 0.3 is 5.97 Å². The van der Waals surface area contributed by atoms with E-state index in [1.54, 1.807) is 0 Å². The molecule has 4 nitrogen and oxygen atoms in total. The molecular weight excluding hydrogens is 292 g/mol. The van der Waals surface area contributed by atoms with Crippen LogP contribution in [0, 0.1) is 0 Å². The van der Waals surface area contributed by atoms with Gasteiger partial charge < -0.3 is 14.6 Å². The molecule has 2 aromatic carbocycles. The lowest BCUT2D eigenvalue weighted by molar-refractivity contribution is -0.128. The van der Waals surface area contributed by atoms with Gasteiger partial charge in [-0.3, -0.25) is 0 Å². The Morgan fingerprint density at radius 3 is 2.35 bits per heavy atom. The van der Waals surface area contributed by atoms with Crippen LogP contribution in [-0.2, 0) is 17.6 Å². The van der Waals surface area contributed by atoms with Gasteiger partial charge in [-0.2, -0.15) is 0 Å². The zero-order valence-corrected chi connectivity index (χ0v) is 13.0. The highest BCUT2D eigenvalue weighted by Crippen LogP contribution is 2.44. The number of aliphatic hydroxyl groups is 1. The molecule has 0 radical (unpaired) electrons. The molecular formula is C19H20O4. The van der Waals surface area contributed by atoms with Crippen molar-refractivity contribution in [2.75, 3.05) is 13.2 Å². The molecule has 2 aromatic rings. The number of carbonyl (C=O) groups is 1. The summed E-state index contributed by atoms with van der Waals surface area (Å²) in [6, 6.07) is 7.74. The minimum absolute atomic E-state index is 0.0314. The number of fused-ring (bicyclic) bond motifs is 2. The van der Waals surface area contributed by atoms with Crippen molar-refractivity contribution >= 4 is 16.7 Å². The number of ether oxygens (including phenoxy) is 2. The second kappa shape index (κ2) is 6.84. The average molecular weight is 312 g/mol. The predicted octanol–water partition coefficient (Wildman–Crippen LogP) is 3.18. The van der Waals surface area contributed by atoms with Crippen molar-refractivity contribution in [2.45, 2.75) is 25.7 Å². The molecule has 1 aliphatic rings. The Bertz CT molecular complexity index is 749. The Kier molecular flexibility index (Phi) is 4.63. The molecule has 1 N–H and O–H groups in total. The fraction of sp³-hybridized carbons (Fsp3) is 0.316. The molecule has 0 bridgehead atoms. The van der Waals surface area contributed by atoms with E-state index in [1.807, 2.05) is 24.3 Å². The number of benzene rings is 2. The van der Waals surface area contributed by atoms with Crippen LogP contribution in [0.1, 0.15) is 24.0 Å². The minimum atomic E-state index is -0.452. The molecule has 0 amide bonds. The van der Waals surface area contributed by atoms with E-state index in [9.17, 15) is 4.79 Å². The summed E-state index contributed by atoms with van der Waals surface area (Å²) in [5.41, 5.74) is 2.13. The van der Waals surface area contributed by atoms with Gasteiger partial charge in [0, 0.05) is 28.0 Å². The molecule has 0 spiro atoms. The molecule has 0 aliphatic heterocycles. The molecule has 1 aliphatic carbocycles. The van der Waals surface area contributed by atoms with Gasteiger partial charge in [0.15, 0.2) is 0 Å². The second-order valence-electron chi connectivity index (χ2n) is 5.57. The van der Waals surface area contributed by atoms with Crippen molar-refractivity contribution in [3.8, 4) is 11.5 Å². The van der Waals surface area contributed by atoms with E-state index in [1.165, 1.54) is 6.08 Å². The van der Waals surface area contributed by atoms with Crippen LogP contribution in [0.4, 0.5) is 0 Å². The fourth-order valence-corrected chi connectivity index (χ4v) is 3.18. The molecule has 0 heterocycles. The first-order valence-corrected chi connectivity index (χ1v) is 7.90. The summed E-state index contributed by atoms with van der Waals surface area (Å²) in [6.07, 6.45) is 5.06. The summed E-state index contributed by atoms with van der Waals surface area (Å²) in [4.78, 5) is 11.8. The third-order valence-corrected chi connectivity index (χ3v) is 4.14. The van der Waals surface area contributed by atoms with E-state index in [0.717, 1.165) is 53.3 Å². The zero-order chi connectivity index (χ0) is 16.2. The van der Waals surface area contributed by atoms with Gasteiger partial charge in [0.25, 0.3) is 0 Å². The number of hydrogen-bond acceptors (Lipinski definition) is 4.